The van der Waals surface area contributed by atoms with Crippen LogP contribution in [0.25, 0.3) is 11.1 Å². The molecule has 2 aromatic rings. The molecule has 2 aliphatic rings. The van der Waals surface area contributed by atoms with Crippen LogP contribution in [0.5, 0.6) is 0 Å². The van der Waals surface area contributed by atoms with Crippen molar-refractivity contribution in [3.8, 4) is 11.1 Å². The molecule has 176 valence electrons. The summed E-state index contributed by atoms with van der Waals surface area (Å²) in [6, 6.07) is 8.31. The monoisotopic (exact) mass is 448 g/mol. The fourth-order valence-corrected chi connectivity index (χ4v) is 5.48. The number of hydrogen-bond donors (Lipinski definition) is 1. The Morgan fingerprint density at radius 3 is 2.48 bits per heavy atom. The zero-order valence-electron chi connectivity index (χ0n) is 19.8. The molecule has 1 saturated heterocycles. The minimum atomic E-state index is -0.483. The van der Waals surface area contributed by atoms with E-state index in [0.29, 0.717) is 51.2 Å². The van der Waals surface area contributed by atoms with Gasteiger partial charge < -0.3 is 10.2 Å². The Morgan fingerprint density at radius 2 is 1.79 bits per heavy atom. The summed E-state index contributed by atoms with van der Waals surface area (Å²) in [7, 11) is 0. The number of benzene rings is 1. The van der Waals surface area contributed by atoms with Gasteiger partial charge in [0.1, 0.15) is 6.33 Å². The van der Waals surface area contributed by atoms with E-state index in [4.69, 9.17) is 0 Å². The van der Waals surface area contributed by atoms with Crippen molar-refractivity contribution >= 4 is 11.8 Å². The Balaban J connectivity index is 1.45. The Hall–Kier alpha value is -2.76. The van der Waals surface area contributed by atoms with Gasteiger partial charge in [-0.2, -0.15) is 0 Å². The number of aromatic nitrogens is 2. The molecule has 2 heterocycles. The van der Waals surface area contributed by atoms with Crippen molar-refractivity contribution in [2.45, 2.75) is 64.7 Å². The Kier molecular flexibility index (Phi) is 7.73. The van der Waals surface area contributed by atoms with Gasteiger partial charge in [-0.3, -0.25) is 9.59 Å². The van der Waals surface area contributed by atoms with Crippen LogP contribution in [0.1, 0.15) is 63.9 Å². The minimum Gasteiger partial charge on any atom is -0.356 e. The van der Waals surface area contributed by atoms with Crippen LogP contribution in [-0.2, 0) is 16.0 Å². The summed E-state index contributed by atoms with van der Waals surface area (Å²) in [6.07, 6.45) is 14.1. The summed E-state index contributed by atoms with van der Waals surface area (Å²) in [5.74, 6) is 0.932. The molecule has 1 N–H and O–H groups in total. The fraction of sp³-hybridized carbons (Fsp3) is 0.556. The lowest BCUT2D eigenvalue weighted by atomic mass is 9.72. The molecule has 6 heteroatoms. The van der Waals surface area contributed by atoms with E-state index in [1.54, 1.807) is 0 Å². The molecular formula is C27H36N4O2. The number of carbonyl (C=O) groups excluding carboxylic acids is 2. The van der Waals surface area contributed by atoms with E-state index >= 15 is 0 Å². The molecule has 0 atom stereocenters. The molecule has 2 amide bonds. The molecule has 33 heavy (non-hydrogen) atoms. The smallest absolute Gasteiger partial charge is 0.226 e. The molecule has 4 rings (SSSR count). The molecule has 1 aromatic carbocycles. The van der Waals surface area contributed by atoms with Gasteiger partial charge in [-0.1, -0.05) is 43.5 Å². The number of hydrogen-bond acceptors (Lipinski definition) is 4. The number of carbonyl (C=O) groups is 2. The van der Waals surface area contributed by atoms with Crippen molar-refractivity contribution in [2.24, 2.45) is 11.3 Å². The average Bonchev–Trinajstić information content (AvgIpc) is 2.86. The number of piperidine rings is 1. The Bertz CT molecular complexity index is 932. The van der Waals surface area contributed by atoms with E-state index in [-0.39, 0.29) is 11.8 Å². The first-order valence-electron chi connectivity index (χ1n) is 12.5. The van der Waals surface area contributed by atoms with Crippen LogP contribution in [-0.4, -0.2) is 46.3 Å². The van der Waals surface area contributed by atoms with Crippen LogP contribution in [0, 0.1) is 11.3 Å². The van der Waals surface area contributed by atoms with E-state index < -0.39 is 5.41 Å². The highest BCUT2D eigenvalue weighted by molar-refractivity contribution is 5.84. The topological polar surface area (TPSA) is 75.2 Å². The summed E-state index contributed by atoms with van der Waals surface area (Å²) in [5, 5.41) is 3.07. The third-order valence-electron chi connectivity index (χ3n) is 7.44. The SMILES string of the molecule is CCNC(=O)C1(Cc2cccc(-c3cncnc3)c2)CCN(C(=O)CC2CCCCC2)CC1. The lowest BCUT2D eigenvalue weighted by Crippen LogP contribution is -2.51. The molecule has 1 saturated carbocycles. The molecule has 2 fully saturated rings. The summed E-state index contributed by atoms with van der Waals surface area (Å²) < 4.78 is 0. The van der Waals surface area contributed by atoms with Crippen LogP contribution in [0.15, 0.2) is 43.0 Å². The molecule has 0 unspecified atom stereocenters. The number of amides is 2. The van der Waals surface area contributed by atoms with Gasteiger partial charge in [0.05, 0.1) is 5.41 Å². The summed E-state index contributed by atoms with van der Waals surface area (Å²) in [5.41, 5.74) is 2.67. The van der Waals surface area contributed by atoms with Crippen molar-refractivity contribution in [2.75, 3.05) is 19.6 Å². The van der Waals surface area contributed by atoms with Crippen molar-refractivity contribution in [1.29, 1.82) is 0 Å². The Morgan fingerprint density at radius 1 is 1.06 bits per heavy atom. The molecule has 1 aliphatic carbocycles. The maximum Gasteiger partial charge on any atom is 0.226 e. The second kappa shape index (κ2) is 10.9. The highest BCUT2D eigenvalue weighted by Gasteiger charge is 2.42. The minimum absolute atomic E-state index is 0.109. The lowest BCUT2D eigenvalue weighted by Gasteiger charge is -2.41. The van der Waals surface area contributed by atoms with Gasteiger partial charge in [-0.25, -0.2) is 9.97 Å². The molecule has 0 bridgehead atoms. The van der Waals surface area contributed by atoms with E-state index in [2.05, 4.69) is 27.4 Å². The fourth-order valence-electron chi connectivity index (χ4n) is 5.48. The first kappa shape index (κ1) is 23.4. The second-order valence-electron chi connectivity index (χ2n) is 9.73. The highest BCUT2D eigenvalue weighted by atomic mass is 16.2. The van der Waals surface area contributed by atoms with Crippen LogP contribution in [0.3, 0.4) is 0 Å². The Labute approximate surface area is 197 Å². The maximum absolute atomic E-state index is 13.2. The van der Waals surface area contributed by atoms with Gasteiger partial charge in [-0.15, -0.1) is 0 Å². The quantitative estimate of drug-likeness (QED) is 0.681. The third-order valence-corrected chi connectivity index (χ3v) is 7.44. The molecule has 1 aliphatic heterocycles. The van der Waals surface area contributed by atoms with Gasteiger partial charge in [0.15, 0.2) is 0 Å². The molecule has 1 aromatic heterocycles. The molecule has 0 spiro atoms. The first-order valence-corrected chi connectivity index (χ1v) is 12.5. The van der Waals surface area contributed by atoms with Crippen molar-refractivity contribution < 1.29 is 9.59 Å². The van der Waals surface area contributed by atoms with Crippen LogP contribution in [0.4, 0.5) is 0 Å². The van der Waals surface area contributed by atoms with Crippen molar-refractivity contribution in [1.82, 2.24) is 20.2 Å². The largest absolute Gasteiger partial charge is 0.356 e. The van der Waals surface area contributed by atoms with Gasteiger partial charge in [0.25, 0.3) is 0 Å². The predicted octanol–water partition coefficient (Wildman–Crippen LogP) is 4.40. The average molecular weight is 449 g/mol. The van der Waals surface area contributed by atoms with E-state index in [9.17, 15) is 9.59 Å². The number of likely N-dealkylation sites (tertiary alicyclic amines) is 1. The van der Waals surface area contributed by atoms with Gasteiger partial charge in [0, 0.05) is 44.0 Å². The summed E-state index contributed by atoms with van der Waals surface area (Å²) in [6.45, 7) is 3.90. The standard InChI is InChI=1S/C27H36N4O2/c1-2-30-26(33)27(17-22-9-6-10-23(15-22)24-18-28-20-29-19-24)11-13-31(14-12-27)25(32)16-21-7-4-3-5-8-21/h6,9-10,15,18-21H,2-5,7-8,11-14,16-17H2,1H3,(H,30,33). The van der Waals surface area contributed by atoms with Crippen molar-refractivity contribution in [3.05, 3.63) is 48.5 Å². The van der Waals surface area contributed by atoms with Crippen LogP contribution in [0.2, 0.25) is 0 Å². The molecule has 0 radical (unpaired) electrons. The van der Waals surface area contributed by atoms with Gasteiger partial charge in [0.2, 0.25) is 11.8 Å². The zero-order valence-corrected chi connectivity index (χ0v) is 19.8. The second-order valence-corrected chi connectivity index (χ2v) is 9.73. The number of nitrogens with one attached hydrogen (secondary N) is 1. The van der Waals surface area contributed by atoms with E-state index in [1.165, 1.54) is 38.4 Å². The zero-order chi connectivity index (χ0) is 23.1. The van der Waals surface area contributed by atoms with Crippen LogP contribution < -0.4 is 5.32 Å². The van der Waals surface area contributed by atoms with E-state index in [0.717, 1.165) is 16.7 Å². The summed E-state index contributed by atoms with van der Waals surface area (Å²) in [4.78, 5) is 36.4. The normalized spacial score (nSPS) is 18.6. The first-order chi connectivity index (χ1) is 16.1. The number of rotatable bonds is 7. The van der Waals surface area contributed by atoms with Gasteiger partial charge in [-0.05, 0) is 56.1 Å². The van der Waals surface area contributed by atoms with Gasteiger partial charge >= 0.3 is 0 Å². The number of nitrogens with zero attached hydrogens (tertiary/aromatic N) is 3. The highest BCUT2D eigenvalue weighted by Crippen LogP contribution is 2.37. The van der Waals surface area contributed by atoms with Crippen molar-refractivity contribution in [3.63, 3.8) is 0 Å². The third kappa shape index (κ3) is 5.79. The predicted molar refractivity (Wildman–Crippen MR) is 129 cm³/mol. The summed E-state index contributed by atoms with van der Waals surface area (Å²) >= 11 is 0. The lowest BCUT2D eigenvalue weighted by molar-refractivity contribution is -0.141. The van der Waals surface area contributed by atoms with Crippen LogP contribution >= 0.6 is 0 Å². The molecule has 6 nitrogen and oxygen atoms in total. The molecular weight excluding hydrogens is 412 g/mol. The van der Waals surface area contributed by atoms with E-state index in [1.807, 2.05) is 36.4 Å². The maximum atomic E-state index is 13.2.